The largest absolute Gasteiger partial charge is 0.497 e. The number of hydrogen-bond donors (Lipinski definition) is 2. The Morgan fingerprint density at radius 1 is 1.18 bits per heavy atom. The minimum atomic E-state index is -3.57. The average molecular weight is 403 g/mol. The zero-order chi connectivity index (χ0) is 20.1. The van der Waals surface area contributed by atoms with E-state index in [-0.39, 0.29) is 22.9 Å². The maximum absolute atomic E-state index is 12.5. The molecule has 3 rings (SSSR count). The van der Waals surface area contributed by atoms with E-state index in [1.807, 2.05) is 31.2 Å². The van der Waals surface area contributed by atoms with Crippen molar-refractivity contribution in [3.63, 3.8) is 0 Å². The van der Waals surface area contributed by atoms with Crippen molar-refractivity contribution in [2.24, 2.45) is 0 Å². The van der Waals surface area contributed by atoms with Gasteiger partial charge in [0.15, 0.2) is 0 Å². The third-order valence-electron chi connectivity index (χ3n) is 4.71. The topological polar surface area (TPSA) is 84.5 Å². The SMILES string of the molecule is COc1ccc(CCC(C)NC(=O)c2cccc(S(=O)(=O)NC3CC3)c2)cc1. The van der Waals surface area contributed by atoms with Crippen LogP contribution in [0.25, 0.3) is 0 Å². The second-order valence-corrected chi connectivity index (χ2v) is 8.90. The maximum atomic E-state index is 12.5. The monoisotopic (exact) mass is 402 g/mol. The Kier molecular flexibility index (Phi) is 6.36. The van der Waals surface area contributed by atoms with Crippen LogP contribution >= 0.6 is 0 Å². The highest BCUT2D eigenvalue weighted by atomic mass is 32.2. The van der Waals surface area contributed by atoms with Crippen molar-refractivity contribution in [1.29, 1.82) is 0 Å². The van der Waals surface area contributed by atoms with E-state index in [1.165, 1.54) is 17.7 Å². The maximum Gasteiger partial charge on any atom is 0.251 e. The molecule has 1 amide bonds. The summed E-state index contributed by atoms with van der Waals surface area (Å²) in [5, 5.41) is 2.94. The molecule has 0 aliphatic heterocycles. The summed E-state index contributed by atoms with van der Waals surface area (Å²) in [6.45, 7) is 1.94. The first-order chi connectivity index (χ1) is 13.4. The van der Waals surface area contributed by atoms with Gasteiger partial charge in [-0.3, -0.25) is 4.79 Å². The number of sulfonamides is 1. The molecule has 2 aromatic carbocycles. The molecule has 2 N–H and O–H groups in total. The molecule has 0 spiro atoms. The van der Waals surface area contributed by atoms with E-state index in [4.69, 9.17) is 4.74 Å². The molecule has 0 heterocycles. The molecular formula is C21H26N2O4S. The van der Waals surface area contributed by atoms with E-state index in [0.717, 1.165) is 31.4 Å². The van der Waals surface area contributed by atoms with Crippen molar-refractivity contribution in [1.82, 2.24) is 10.0 Å². The summed E-state index contributed by atoms with van der Waals surface area (Å²) in [5.74, 6) is 0.543. The highest BCUT2D eigenvalue weighted by molar-refractivity contribution is 7.89. The van der Waals surface area contributed by atoms with Crippen molar-refractivity contribution in [3.8, 4) is 5.75 Å². The number of carbonyl (C=O) groups is 1. The van der Waals surface area contributed by atoms with Gasteiger partial charge in [-0.25, -0.2) is 13.1 Å². The van der Waals surface area contributed by atoms with Gasteiger partial charge in [0, 0.05) is 17.6 Å². The van der Waals surface area contributed by atoms with Crippen LogP contribution in [-0.4, -0.2) is 33.5 Å². The van der Waals surface area contributed by atoms with E-state index in [1.54, 1.807) is 19.2 Å². The number of hydrogen-bond acceptors (Lipinski definition) is 4. The average Bonchev–Trinajstić information content (AvgIpc) is 3.50. The Labute approximate surface area is 166 Å². The molecule has 1 aliphatic rings. The first-order valence-electron chi connectivity index (χ1n) is 9.43. The van der Waals surface area contributed by atoms with E-state index in [9.17, 15) is 13.2 Å². The Morgan fingerprint density at radius 2 is 1.89 bits per heavy atom. The van der Waals surface area contributed by atoms with E-state index in [2.05, 4.69) is 10.0 Å². The van der Waals surface area contributed by atoms with Crippen molar-refractivity contribution in [2.75, 3.05) is 7.11 Å². The van der Waals surface area contributed by atoms with Gasteiger partial charge in [0.2, 0.25) is 10.0 Å². The van der Waals surface area contributed by atoms with Crippen LogP contribution in [0.3, 0.4) is 0 Å². The molecule has 1 unspecified atom stereocenters. The number of benzene rings is 2. The Balaban J connectivity index is 1.56. The van der Waals surface area contributed by atoms with Crippen LogP contribution < -0.4 is 14.8 Å². The van der Waals surface area contributed by atoms with Gasteiger partial charge in [0.25, 0.3) is 5.91 Å². The Morgan fingerprint density at radius 3 is 2.54 bits per heavy atom. The third-order valence-corrected chi connectivity index (χ3v) is 6.23. The number of nitrogens with one attached hydrogen (secondary N) is 2. The molecule has 0 bridgehead atoms. The number of methoxy groups -OCH3 is 1. The molecular weight excluding hydrogens is 376 g/mol. The number of amides is 1. The predicted molar refractivity (Wildman–Crippen MR) is 108 cm³/mol. The quantitative estimate of drug-likeness (QED) is 0.675. The minimum absolute atomic E-state index is 0.0282. The minimum Gasteiger partial charge on any atom is -0.497 e. The third kappa shape index (κ3) is 5.56. The second kappa shape index (κ2) is 8.75. The summed E-state index contributed by atoms with van der Waals surface area (Å²) in [6.07, 6.45) is 3.33. The zero-order valence-electron chi connectivity index (χ0n) is 16.1. The summed E-state index contributed by atoms with van der Waals surface area (Å²) in [5.41, 5.74) is 1.51. The molecule has 150 valence electrons. The van der Waals surface area contributed by atoms with Crippen molar-refractivity contribution in [2.45, 2.75) is 49.6 Å². The van der Waals surface area contributed by atoms with Crippen LogP contribution in [0.2, 0.25) is 0 Å². The van der Waals surface area contributed by atoms with Gasteiger partial charge in [-0.05, 0) is 68.5 Å². The van der Waals surface area contributed by atoms with Crippen LogP contribution in [0.5, 0.6) is 5.75 Å². The van der Waals surface area contributed by atoms with Gasteiger partial charge in [0.05, 0.1) is 12.0 Å². The molecule has 0 saturated heterocycles. The number of aryl methyl sites for hydroxylation is 1. The highest BCUT2D eigenvalue weighted by Gasteiger charge is 2.28. The van der Waals surface area contributed by atoms with Crippen molar-refractivity contribution < 1.29 is 17.9 Å². The molecule has 28 heavy (non-hydrogen) atoms. The fraction of sp³-hybridized carbons (Fsp3) is 0.381. The molecule has 7 heteroatoms. The van der Waals surface area contributed by atoms with Crippen LogP contribution in [0.4, 0.5) is 0 Å². The van der Waals surface area contributed by atoms with Gasteiger partial charge < -0.3 is 10.1 Å². The van der Waals surface area contributed by atoms with Gasteiger partial charge in [-0.15, -0.1) is 0 Å². The highest BCUT2D eigenvalue weighted by Crippen LogP contribution is 2.22. The summed E-state index contributed by atoms with van der Waals surface area (Å²) in [6, 6.07) is 14.0. The smallest absolute Gasteiger partial charge is 0.251 e. The molecule has 6 nitrogen and oxygen atoms in total. The summed E-state index contributed by atoms with van der Waals surface area (Å²) in [4.78, 5) is 12.6. The van der Waals surface area contributed by atoms with Gasteiger partial charge in [0.1, 0.15) is 5.75 Å². The molecule has 1 atom stereocenters. The van der Waals surface area contributed by atoms with Crippen LogP contribution in [0.1, 0.15) is 42.1 Å². The second-order valence-electron chi connectivity index (χ2n) is 7.18. The lowest BCUT2D eigenvalue weighted by molar-refractivity contribution is 0.0938. The predicted octanol–water partition coefficient (Wildman–Crippen LogP) is 2.89. The molecule has 2 aromatic rings. The molecule has 1 aliphatic carbocycles. The Hall–Kier alpha value is -2.38. The lowest BCUT2D eigenvalue weighted by Crippen LogP contribution is -2.33. The Bertz CT molecular complexity index is 922. The molecule has 1 fully saturated rings. The summed E-state index contributed by atoms with van der Waals surface area (Å²) >= 11 is 0. The molecule has 1 saturated carbocycles. The zero-order valence-corrected chi connectivity index (χ0v) is 17.0. The first kappa shape index (κ1) is 20.4. The van der Waals surface area contributed by atoms with Gasteiger partial charge >= 0.3 is 0 Å². The van der Waals surface area contributed by atoms with E-state index in [0.29, 0.717) is 5.56 Å². The molecule has 0 radical (unpaired) electrons. The van der Waals surface area contributed by atoms with Crippen LogP contribution in [0, 0.1) is 0 Å². The number of ether oxygens (including phenoxy) is 1. The molecule has 0 aromatic heterocycles. The van der Waals surface area contributed by atoms with Crippen molar-refractivity contribution in [3.05, 3.63) is 59.7 Å². The fourth-order valence-corrected chi connectivity index (χ4v) is 4.20. The normalized spacial score (nSPS) is 15.1. The van der Waals surface area contributed by atoms with E-state index < -0.39 is 10.0 Å². The summed E-state index contributed by atoms with van der Waals surface area (Å²) in [7, 11) is -1.94. The standard InChI is InChI=1S/C21H26N2O4S/c1-15(6-7-16-8-12-19(27-2)13-9-16)22-21(24)17-4-3-5-20(14-17)28(25,26)23-18-10-11-18/h3-5,8-9,12-15,18,23H,6-7,10-11H2,1-2H3,(H,22,24). The van der Waals surface area contributed by atoms with Gasteiger partial charge in [-0.2, -0.15) is 0 Å². The van der Waals surface area contributed by atoms with Crippen LogP contribution in [0.15, 0.2) is 53.4 Å². The lowest BCUT2D eigenvalue weighted by atomic mass is 10.1. The lowest BCUT2D eigenvalue weighted by Gasteiger charge is -2.15. The summed E-state index contributed by atoms with van der Waals surface area (Å²) < 4.78 is 32.4. The number of rotatable bonds is 9. The van der Waals surface area contributed by atoms with Crippen molar-refractivity contribution >= 4 is 15.9 Å². The van der Waals surface area contributed by atoms with E-state index >= 15 is 0 Å². The fourth-order valence-electron chi connectivity index (χ4n) is 2.85. The van der Waals surface area contributed by atoms with Gasteiger partial charge in [-0.1, -0.05) is 18.2 Å². The van der Waals surface area contributed by atoms with Crippen LogP contribution in [-0.2, 0) is 16.4 Å². The number of carbonyl (C=O) groups excluding carboxylic acids is 1. The first-order valence-corrected chi connectivity index (χ1v) is 10.9.